The molecule has 0 heterocycles. The van der Waals surface area contributed by atoms with Crippen molar-refractivity contribution in [1.29, 1.82) is 0 Å². The smallest absolute Gasteiger partial charge is 0.307 e. The van der Waals surface area contributed by atoms with Gasteiger partial charge in [-0.3, -0.25) is 0 Å². The molecular formula is C13H18F3NO2S. The Morgan fingerprint density at radius 3 is 2.25 bits per heavy atom. The van der Waals surface area contributed by atoms with E-state index in [1.54, 1.807) is 13.8 Å². The number of sulfone groups is 1. The molecule has 3 nitrogen and oxygen atoms in total. The molecule has 0 amide bonds. The van der Waals surface area contributed by atoms with Crippen molar-refractivity contribution in [2.24, 2.45) is 0 Å². The number of hydrogen-bond acceptors (Lipinski definition) is 3. The minimum Gasteiger partial charge on any atom is -0.307 e. The van der Waals surface area contributed by atoms with Crippen LogP contribution in [0, 0.1) is 0 Å². The molecule has 0 fully saturated rings. The number of hydrogen-bond donors (Lipinski definition) is 1. The largest absolute Gasteiger partial charge is 0.416 e. The Morgan fingerprint density at radius 2 is 1.75 bits per heavy atom. The first-order valence-corrected chi connectivity index (χ1v) is 8.16. The van der Waals surface area contributed by atoms with Gasteiger partial charge in [0.2, 0.25) is 0 Å². The van der Waals surface area contributed by atoms with Crippen LogP contribution < -0.4 is 5.32 Å². The Balaban J connectivity index is 2.91. The van der Waals surface area contributed by atoms with E-state index in [2.05, 4.69) is 5.32 Å². The van der Waals surface area contributed by atoms with Crippen molar-refractivity contribution in [3.63, 3.8) is 0 Å². The van der Waals surface area contributed by atoms with E-state index in [1.165, 1.54) is 18.2 Å². The molecule has 0 spiro atoms. The first-order chi connectivity index (χ1) is 9.00. The lowest BCUT2D eigenvalue weighted by Crippen LogP contribution is -2.35. The van der Waals surface area contributed by atoms with E-state index in [-0.39, 0.29) is 11.3 Å². The summed E-state index contributed by atoms with van der Waals surface area (Å²) >= 11 is 0. The minimum absolute atomic E-state index is 0.111. The molecule has 0 aliphatic carbocycles. The highest BCUT2D eigenvalue weighted by Crippen LogP contribution is 2.34. The predicted octanol–water partition coefficient (Wildman–Crippen LogP) is 2.79. The van der Waals surface area contributed by atoms with E-state index >= 15 is 0 Å². The third-order valence-electron chi connectivity index (χ3n) is 2.82. The molecule has 1 aromatic rings. The maximum Gasteiger partial charge on any atom is 0.416 e. The SMILES string of the molecule is CC(CS(C)(=O)=O)NC(C)c1ccccc1C(F)(F)F. The Kier molecular flexibility index (Phi) is 5.21. The molecule has 1 aromatic carbocycles. The summed E-state index contributed by atoms with van der Waals surface area (Å²) < 4.78 is 61.0. The number of alkyl halides is 3. The summed E-state index contributed by atoms with van der Waals surface area (Å²) in [5.74, 6) is -0.120. The molecule has 0 aromatic heterocycles. The zero-order chi connectivity index (χ0) is 15.6. The zero-order valence-electron chi connectivity index (χ0n) is 11.5. The highest BCUT2D eigenvalue weighted by molar-refractivity contribution is 7.90. The predicted molar refractivity (Wildman–Crippen MR) is 72.2 cm³/mol. The van der Waals surface area contributed by atoms with Crippen LogP contribution in [0.3, 0.4) is 0 Å². The van der Waals surface area contributed by atoms with Gasteiger partial charge in [0, 0.05) is 18.3 Å². The summed E-state index contributed by atoms with van der Waals surface area (Å²) in [6, 6.07) is 4.26. The molecule has 2 unspecified atom stereocenters. The van der Waals surface area contributed by atoms with E-state index in [4.69, 9.17) is 0 Å². The molecule has 0 bridgehead atoms. The van der Waals surface area contributed by atoms with Gasteiger partial charge in [0.25, 0.3) is 0 Å². The first-order valence-electron chi connectivity index (χ1n) is 6.10. The van der Waals surface area contributed by atoms with Gasteiger partial charge in [-0.25, -0.2) is 8.42 Å². The van der Waals surface area contributed by atoms with E-state index in [0.29, 0.717) is 0 Å². The maximum absolute atomic E-state index is 12.9. The summed E-state index contributed by atoms with van der Waals surface area (Å²) in [7, 11) is -3.17. The molecule has 1 rings (SSSR count). The van der Waals surface area contributed by atoms with Crippen LogP contribution in [0.1, 0.15) is 31.0 Å². The molecule has 0 saturated heterocycles. The van der Waals surface area contributed by atoms with Crippen LogP contribution in [0.5, 0.6) is 0 Å². The van der Waals surface area contributed by atoms with Crippen molar-refractivity contribution in [2.75, 3.05) is 12.0 Å². The monoisotopic (exact) mass is 309 g/mol. The van der Waals surface area contributed by atoms with Crippen LogP contribution in [0.15, 0.2) is 24.3 Å². The third kappa shape index (κ3) is 5.13. The highest BCUT2D eigenvalue weighted by atomic mass is 32.2. The summed E-state index contributed by atoms with van der Waals surface area (Å²) in [5.41, 5.74) is -0.591. The third-order valence-corrected chi connectivity index (χ3v) is 3.93. The first kappa shape index (κ1) is 17.0. The molecule has 0 aliphatic rings. The summed E-state index contributed by atoms with van der Waals surface area (Å²) in [4.78, 5) is 0. The van der Waals surface area contributed by atoms with Crippen molar-refractivity contribution >= 4 is 9.84 Å². The van der Waals surface area contributed by atoms with Crippen LogP contribution in [-0.2, 0) is 16.0 Å². The summed E-state index contributed by atoms with van der Waals surface area (Å²) in [6.45, 7) is 3.22. The lowest BCUT2D eigenvalue weighted by Gasteiger charge is -2.23. The van der Waals surface area contributed by atoms with Gasteiger partial charge in [0.05, 0.1) is 11.3 Å². The Labute approximate surface area is 117 Å². The lowest BCUT2D eigenvalue weighted by molar-refractivity contribution is -0.138. The summed E-state index contributed by atoms with van der Waals surface area (Å²) in [5, 5.41) is 2.89. The van der Waals surface area contributed by atoms with Gasteiger partial charge in [-0.1, -0.05) is 18.2 Å². The molecule has 2 atom stereocenters. The van der Waals surface area contributed by atoms with Gasteiger partial charge in [0.15, 0.2) is 0 Å². The van der Waals surface area contributed by atoms with Crippen LogP contribution in [0.2, 0.25) is 0 Å². The van der Waals surface area contributed by atoms with Crippen LogP contribution in [0.25, 0.3) is 0 Å². The molecule has 0 saturated carbocycles. The highest BCUT2D eigenvalue weighted by Gasteiger charge is 2.34. The zero-order valence-corrected chi connectivity index (χ0v) is 12.3. The molecule has 20 heavy (non-hydrogen) atoms. The molecular weight excluding hydrogens is 291 g/mol. The van der Waals surface area contributed by atoms with Crippen molar-refractivity contribution in [2.45, 2.75) is 32.1 Å². The Bertz CT molecular complexity index is 555. The van der Waals surface area contributed by atoms with Gasteiger partial charge in [-0.15, -0.1) is 0 Å². The minimum atomic E-state index is -4.42. The number of rotatable bonds is 5. The standard InChI is InChI=1S/C13H18F3NO2S/c1-9(8-20(3,18)19)17-10(2)11-6-4-5-7-12(11)13(14,15)16/h4-7,9-10,17H,8H2,1-3H3. The topological polar surface area (TPSA) is 46.2 Å². The van der Waals surface area contributed by atoms with Gasteiger partial charge in [0.1, 0.15) is 9.84 Å². The maximum atomic E-state index is 12.9. The van der Waals surface area contributed by atoms with Crippen LogP contribution in [-0.4, -0.2) is 26.5 Å². The normalized spacial score (nSPS) is 15.9. The second-order valence-corrected chi connectivity index (χ2v) is 7.15. The molecule has 7 heteroatoms. The fraction of sp³-hybridized carbons (Fsp3) is 0.538. The van der Waals surface area contributed by atoms with E-state index in [1.807, 2.05) is 0 Å². The van der Waals surface area contributed by atoms with E-state index in [9.17, 15) is 21.6 Å². The Morgan fingerprint density at radius 1 is 1.20 bits per heavy atom. The van der Waals surface area contributed by atoms with Crippen molar-refractivity contribution in [1.82, 2.24) is 5.32 Å². The number of benzene rings is 1. The average Bonchev–Trinajstić information content (AvgIpc) is 2.25. The molecule has 0 aliphatic heterocycles. The number of halogens is 3. The van der Waals surface area contributed by atoms with Crippen LogP contribution >= 0.6 is 0 Å². The fourth-order valence-electron chi connectivity index (χ4n) is 2.15. The van der Waals surface area contributed by atoms with E-state index < -0.39 is 33.7 Å². The molecule has 0 radical (unpaired) electrons. The second kappa shape index (κ2) is 6.13. The fourth-order valence-corrected chi connectivity index (χ4v) is 3.16. The van der Waals surface area contributed by atoms with Crippen molar-refractivity contribution in [3.05, 3.63) is 35.4 Å². The van der Waals surface area contributed by atoms with Gasteiger partial charge < -0.3 is 5.32 Å². The average molecular weight is 309 g/mol. The quantitative estimate of drug-likeness (QED) is 0.910. The van der Waals surface area contributed by atoms with Gasteiger partial charge >= 0.3 is 6.18 Å². The van der Waals surface area contributed by atoms with Crippen LogP contribution in [0.4, 0.5) is 13.2 Å². The van der Waals surface area contributed by atoms with Crippen molar-refractivity contribution < 1.29 is 21.6 Å². The lowest BCUT2D eigenvalue weighted by atomic mass is 10.0. The second-order valence-electron chi connectivity index (χ2n) is 4.97. The van der Waals surface area contributed by atoms with E-state index in [0.717, 1.165) is 12.3 Å². The molecule has 1 N–H and O–H groups in total. The Hall–Kier alpha value is -1.08. The van der Waals surface area contributed by atoms with Crippen molar-refractivity contribution in [3.8, 4) is 0 Å². The van der Waals surface area contributed by atoms with Gasteiger partial charge in [-0.05, 0) is 25.5 Å². The number of nitrogens with one attached hydrogen (secondary N) is 1. The van der Waals surface area contributed by atoms with Gasteiger partial charge in [-0.2, -0.15) is 13.2 Å². The molecule has 114 valence electrons. The summed E-state index contributed by atoms with van der Waals surface area (Å²) in [6.07, 6.45) is -3.33.